The third kappa shape index (κ3) is 7.92. The number of hydrogen-bond donors (Lipinski definition) is 3. The number of carbonyl (C=O) groups excluding carboxylic acids is 1. The topological polar surface area (TPSA) is 75.6 Å². The highest BCUT2D eigenvalue weighted by Gasteiger charge is 2.26. The Morgan fingerprint density at radius 2 is 1.77 bits per heavy atom. The molecular weight excluding hydrogens is 302 g/mol. The van der Waals surface area contributed by atoms with Crippen LogP contribution < -0.4 is 5.32 Å². The molecule has 1 aliphatic rings. The van der Waals surface area contributed by atoms with E-state index >= 15 is 0 Å². The molecule has 0 saturated heterocycles. The maximum atomic E-state index is 11.8. The Balaban J connectivity index is 2.35. The molecule has 0 aromatic carbocycles. The highest BCUT2D eigenvalue weighted by Crippen LogP contribution is 2.33. The minimum absolute atomic E-state index is 0.000734. The van der Waals surface area contributed by atoms with E-state index in [1.54, 1.807) is 0 Å². The summed E-state index contributed by atoms with van der Waals surface area (Å²) in [6.07, 6.45) is 4.73. The van der Waals surface area contributed by atoms with Crippen LogP contribution in [0.25, 0.3) is 0 Å². The minimum Gasteiger partial charge on any atom is -0.481 e. The van der Waals surface area contributed by atoms with E-state index in [1.165, 1.54) is 0 Å². The molecule has 5 nitrogen and oxygen atoms in total. The number of amides is 1. The first kappa shape index (κ1) is 19.1. The summed E-state index contributed by atoms with van der Waals surface area (Å²) in [5.74, 6) is 0.705. The molecule has 0 spiro atoms. The Labute approximate surface area is 138 Å². The normalized spacial score (nSPS) is 23.6. The summed E-state index contributed by atoms with van der Waals surface area (Å²) < 4.78 is 5.27. The van der Waals surface area contributed by atoms with Crippen molar-refractivity contribution in [1.29, 1.82) is 0 Å². The average Bonchev–Trinajstić information content (AvgIpc) is 2.37. The van der Waals surface area contributed by atoms with Gasteiger partial charge in [0.1, 0.15) is 5.60 Å². The second kappa shape index (κ2) is 8.65. The standard InChI is InChI=1S/C16H29NO4S/c1-16(2,3)21-15(20)17-13(10-22)8-11-4-6-12(7-5-11)9-14(18)19/h11-13,22H,4-10H2,1-3H3,(H,17,20)(H,18,19). The van der Waals surface area contributed by atoms with Crippen molar-refractivity contribution in [3.63, 3.8) is 0 Å². The van der Waals surface area contributed by atoms with Crippen LogP contribution in [0.15, 0.2) is 0 Å². The monoisotopic (exact) mass is 331 g/mol. The van der Waals surface area contributed by atoms with Gasteiger partial charge in [-0.3, -0.25) is 4.79 Å². The van der Waals surface area contributed by atoms with E-state index in [9.17, 15) is 9.59 Å². The van der Waals surface area contributed by atoms with Crippen molar-refractivity contribution in [2.45, 2.75) is 70.9 Å². The van der Waals surface area contributed by atoms with Gasteiger partial charge in [0.25, 0.3) is 0 Å². The van der Waals surface area contributed by atoms with Crippen LogP contribution in [0.1, 0.15) is 59.3 Å². The fourth-order valence-electron chi connectivity index (χ4n) is 2.97. The molecule has 1 unspecified atom stereocenters. The van der Waals surface area contributed by atoms with Crippen LogP contribution in [0.5, 0.6) is 0 Å². The number of carboxylic acid groups (broad SMARTS) is 1. The number of carbonyl (C=O) groups is 2. The first-order valence-electron chi connectivity index (χ1n) is 8.01. The Kier molecular flexibility index (Phi) is 7.53. The smallest absolute Gasteiger partial charge is 0.407 e. The molecule has 1 atom stereocenters. The van der Waals surface area contributed by atoms with Gasteiger partial charge >= 0.3 is 12.1 Å². The average molecular weight is 331 g/mol. The molecule has 0 aliphatic heterocycles. The number of ether oxygens (including phenoxy) is 1. The minimum atomic E-state index is -0.705. The van der Waals surface area contributed by atoms with Crippen molar-refractivity contribution in [2.75, 3.05) is 5.75 Å². The lowest BCUT2D eigenvalue weighted by atomic mass is 9.78. The van der Waals surface area contributed by atoms with E-state index in [0.717, 1.165) is 32.1 Å². The van der Waals surface area contributed by atoms with Gasteiger partial charge < -0.3 is 15.2 Å². The summed E-state index contributed by atoms with van der Waals surface area (Å²) in [6.45, 7) is 5.52. The van der Waals surface area contributed by atoms with Crippen molar-refractivity contribution in [1.82, 2.24) is 5.32 Å². The van der Waals surface area contributed by atoms with E-state index in [4.69, 9.17) is 9.84 Å². The van der Waals surface area contributed by atoms with Crippen molar-refractivity contribution < 1.29 is 19.4 Å². The van der Waals surface area contributed by atoms with Crippen LogP contribution in [0, 0.1) is 11.8 Å². The molecule has 0 bridgehead atoms. The predicted octanol–water partition coefficient (Wildman–Crippen LogP) is 3.48. The zero-order valence-corrected chi connectivity index (χ0v) is 14.7. The fourth-order valence-corrected chi connectivity index (χ4v) is 3.21. The Morgan fingerprint density at radius 1 is 1.23 bits per heavy atom. The van der Waals surface area contributed by atoms with E-state index < -0.39 is 17.7 Å². The highest BCUT2D eigenvalue weighted by atomic mass is 32.1. The molecule has 0 radical (unpaired) electrons. The number of rotatable bonds is 6. The first-order chi connectivity index (χ1) is 10.2. The number of hydrogen-bond acceptors (Lipinski definition) is 4. The molecular formula is C16H29NO4S. The Morgan fingerprint density at radius 3 is 2.23 bits per heavy atom. The molecule has 1 rings (SSSR count). The second-order valence-electron chi connectivity index (χ2n) is 7.25. The molecule has 128 valence electrons. The van der Waals surface area contributed by atoms with E-state index in [0.29, 0.717) is 17.6 Å². The zero-order valence-electron chi connectivity index (χ0n) is 13.8. The molecule has 2 N–H and O–H groups in total. The summed E-state index contributed by atoms with van der Waals surface area (Å²) in [5.41, 5.74) is -0.500. The molecule has 1 saturated carbocycles. The van der Waals surface area contributed by atoms with Gasteiger partial charge in [-0.05, 0) is 51.9 Å². The van der Waals surface area contributed by atoms with Crippen molar-refractivity contribution in [3.05, 3.63) is 0 Å². The zero-order chi connectivity index (χ0) is 16.8. The molecule has 1 aliphatic carbocycles. The highest BCUT2D eigenvalue weighted by molar-refractivity contribution is 7.80. The van der Waals surface area contributed by atoms with Crippen LogP contribution in [0.3, 0.4) is 0 Å². The largest absolute Gasteiger partial charge is 0.481 e. The summed E-state index contributed by atoms with van der Waals surface area (Å²) >= 11 is 4.32. The van der Waals surface area contributed by atoms with Gasteiger partial charge in [0.05, 0.1) is 0 Å². The number of aliphatic carboxylic acids is 1. The van der Waals surface area contributed by atoms with E-state index in [1.807, 2.05) is 20.8 Å². The number of thiol groups is 1. The van der Waals surface area contributed by atoms with E-state index in [2.05, 4.69) is 17.9 Å². The van der Waals surface area contributed by atoms with Gasteiger partial charge in [-0.1, -0.05) is 12.8 Å². The lowest BCUT2D eigenvalue weighted by Crippen LogP contribution is -2.41. The van der Waals surface area contributed by atoms with E-state index in [-0.39, 0.29) is 12.5 Å². The SMILES string of the molecule is CC(C)(C)OC(=O)NC(CS)CC1CCC(CC(=O)O)CC1. The van der Waals surface area contributed by atoms with Gasteiger partial charge in [0.15, 0.2) is 0 Å². The third-order valence-electron chi connectivity index (χ3n) is 3.99. The van der Waals surface area contributed by atoms with Gasteiger partial charge in [-0.25, -0.2) is 4.79 Å². The van der Waals surface area contributed by atoms with Crippen LogP contribution in [-0.4, -0.2) is 34.6 Å². The second-order valence-corrected chi connectivity index (χ2v) is 7.61. The molecule has 0 aromatic heterocycles. The molecule has 1 amide bonds. The molecule has 6 heteroatoms. The number of nitrogens with one attached hydrogen (secondary N) is 1. The van der Waals surface area contributed by atoms with Crippen LogP contribution >= 0.6 is 12.6 Å². The quantitative estimate of drug-likeness (QED) is 0.651. The molecule has 0 aromatic rings. The molecule has 0 heterocycles. The van der Waals surface area contributed by atoms with Crippen LogP contribution in [0.2, 0.25) is 0 Å². The summed E-state index contributed by atoms with van der Waals surface area (Å²) in [4.78, 5) is 22.5. The Hall–Kier alpha value is -0.910. The van der Waals surface area contributed by atoms with Crippen LogP contribution in [-0.2, 0) is 9.53 Å². The molecule has 22 heavy (non-hydrogen) atoms. The Bertz CT molecular complexity index is 373. The third-order valence-corrected chi connectivity index (χ3v) is 4.43. The first-order valence-corrected chi connectivity index (χ1v) is 8.65. The predicted molar refractivity (Wildman–Crippen MR) is 89.3 cm³/mol. The number of carboxylic acids is 1. The summed E-state index contributed by atoms with van der Waals surface area (Å²) in [5, 5.41) is 11.7. The van der Waals surface area contributed by atoms with Crippen molar-refractivity contribution >= 4 is 24.7 Å². The van der Waals surface area contributed by atoms with Crippen LogP contribution in [0.4, 0.5) is 4.79 Å². The van der Waals surface area contributed by atoms with Gasteiger partial charge in [-0.2, -0.15) is 12.6 Å². The van der Waals surface area contributed by atoms with Gasteiger partial charge in [0.2, 0.25) is 0 Å². The van der Waals surface area contributed by atoms with Gasteiger partial charge in [0, 0.05) is 18.2 Å². The van der Waals surface area contributed by atoms with Crippen molar-refractivity contribution in [3.8, 4) is 0 Å². The van der Waals surface area contributed by atoms with Crippen molar-refractivity contribution in [2.24, 2.45) is 11.8 Å². The summed E-state index contributed by atoms with van der Waals surface area (Å²) in [6, 6.07) is -0.000734. The number of alkyl carbamates (subject to hydrolysis) is 1. The molecule has 1 fully saturated rings. The lowest BCUT2D eigenvalue weighted by molar-refractivity contribution is -0.138. The fraction of sp³-hybridized carbons (Fsp3) is 0.875. The maximum Gasteiger partial charge on any atom is 0.407 e. The lowest BCUT2D eigenvalue weighted by Gasteiger charge is -2.30. The van der Waals surface area contributed by atoms with Gasteiger partial charge in [-0.15, -0.1) is 0 Å². The summed E-state index contributed by atoms with van der Waals surface area (Å²) in [7, 11) is 0. The maximum absolute atomic E-state index is 11.8.